The lowest BCUT2D eigenvalue weighted by molar-refractivity contribution is 0.190. The van der Waals surface area contributed by atoms with E-state index in [-0.39, 0.29) is 12.1 Å². The van der Waals surface area contributed by atoms with E-state index in [4.69, 9.17) is 0 Å². The molecule has 0 unspecified atom stereocenters. The fraction of sp³-hybridized carbons (Fsp3) is 0.458. The molecule has 1 heterocycles. The summed E-state index contributed by atoms with van der Waals surface area (Å²) in [4.78, 5) is 14.9. The monoisotopic (exact) mass is 379 g/mol. The average molecular weight is 380 g/mol. The van der Waals surface area contributed by atoms with Crippen LogP contribution in [0.1, 0.15) is 49.3 Å². The lowest BCUT2D eigenvalue weighted by Crippen LogP contribution is -2.45. The molecule has 2 aromatic rings. The van der Waals surface area contributed by atoms with Crippen LogP contribution in [0.3, 0.4) is 0 Å². The first kappa shape index (κ1) is 20.4. The first-order chi connectivity index (χ1) is 13.6. The van der Waals surface area contributed by atoms with E-state index in [0.717, 1.165) is 50.1 Å². The number of urea groups is 1. The molecule has 0 aromatic heterocycles. The maximum Gasteiger partial charge on any atom is 0.319 e. The number of rotatable bonds is 7. The zero-order valence-corrected chi connectivity index (χ0v) is 17.2. The Hall–Kier alpha value is -2.33. The van der Waals surface area contributed by atoms with Gasteiger partial charge in [-0.3, -0.25) is 4.90 Å². The van der Waals surface area contributed by atoms with E-state index in [9.17, 15) is 4.79 Å². The summed E-state index contributed by atoms with van der Waals surface area (Å²) in [5, 5.41) is 6.18. The minimum absolute atomic E-state index is 0.0917. The van der Waals surface area contributed by atoms with E-state index in [0.29, 0.717) is 0 Å². The van der Waals surface area contributed by atoms with Gasteiger partial charge in [-0.15, -0.1) is 0 Å². The van der Waals surface area contributed by atoms with Crippen LogP contribution in [-0.2, 0) is 13.0 Å². The largest absolute Gasteiger partial charge is 0.335 e. The highest BCUT2D eigenvalue weighted by Crippen LogP contribution is 2.19. The van der Waals surface area contributed by atoms with E-state index in [1.165, 1.54) is 24.0 Å². The van der Waals surface area contributed by atoms with Gasteiger partial charge in [0.05, 0.1) is 0 Å². The lowest BCUT2D eigenvalue weighted by Gasteiger charge is -2.32. The van der Waals surface area contributed by atoms with Crippen molar-refractivity contribution in [2.45, 2.75) is 58.5 Å². The molecule has 3 rings (SSSR count). The molecule has 150 valence electrons. The second-order valence-corrected chi connectivity index (χ2v) is 7.89. The molecule has 2 amide bonds. The number of anilines is 1. The summed E-state index contributed by atoms with van der Waals surface area (Å²) in [6.45, 7) is 7.30. The third-order valence-corrected chi connectivity index (χ3v) is 5.53. The minimum Gasteiger partial charge on any atom is -0.335 e. The molecule has 0 spiro atoms. The Morgan fingerprint density at radius 1 is 1.07 bits per heavy atom. The van der Waals surface area contributed by atoms with E-state index >= 15 is 0 Å². The summed E-state index contributed by atoms with van der Waals surface area (Å²) < 4.78 is 0. The molecule has 0 aliphatic carbocycles. The van der Waals surface area contributed by atoms with E-state index in [1.54, 1.807) is 0 Å². The number of hydrogen-bond acceptors (Lipinski definition) is 2. The van der Waals surface area contributed by atoms with Crippen LogP contribution in [0.25, 0.3) is 0 Å². The first-order valence-electron chi connectivity index (χ1n) is 10.6. The summed E-state index contributed by atoms with van der Waals surface area (Å²) in [6, 6.07) is 17.1. The highest BCUT2D eigenvalue weighted by Gasteiger charge is 2.20. The third kappa shape index (κ3) is 6.10. The van der Waals surface area contributed by atoms with Gasteiger partial charge in [0.25, 0.3) is 0 Å². The van der Waals surface area contributed by atoms with Gasteiger partial charge in [0.15, 0.2) is 0 Å². The number of likely N-dealkylation sites (tertiary alicyclic amines) is 1. The number of benzene rings is 2. The molecule has 28 heavy (non-hydrogen) atoms. The smallest absolute Gasteiger partial charge is 0.319 e. The number of hydrogen-bond donors (Lipinski definition) is 2. The lowest BCUT2D eigenvalue weighted by atomic mass is 10.0. The zero-order valence-electron chi connectivity index (χ0n) is 17.2. The van der Waals surface area contributed by atoms with E-state index in [2.05, 4.69) is 71.8 Å². The van der Waals surface area contributed by atoms with Gasteiger partial charge in [-0.2, -0.15) is 0 Å². The van der Waals surface area contributed by atoms with Crippen molar-refractivity contribution in [3.05, 3.63) is 65.2 Å². The zero-order chi connectivity index (χ0) is 19.8. The molecule has 0 bridgehead atoms. The van der Waals surface area contributed by atoms with Crippen LogP contribution in [0.5, 0.6) is 0 Å². The Kier molecular flexibility index (Phi) is 7.49. The van der Waals surface area contributed by atoms with Crippen molar-refractivity contribution < 1.29 is 4.79 Å². The van der Waals surface area contributed by atoms with Crippen molar-refractivity contribution in [3.8, 4) is 0 Å². The Labute approximate surface area is 169 Å². The second-order valence-electron chi connectivity index (χ2n) is 7.89. The van der Waals surface area contributed by atoms with Crippen LogP contribution in [0.2, 0.25) is 0 Å². The second kappa shape index (κ2) is 10.3. The minimum atomic E-state index is -0.0917. The Morgan fingerprint density at radius 2 is 1.82 bits per heavy atom. The molecule has 1 saturated heterocycles. The number of aryl methyl sites for hydroxylation is 2. The number of piperidine rings is 1. The van der Waals surface area contributed by atoms with Crippen molar-refractivity contribution in [3.63, 3.8) is 0 Å². The fourth-order valence-corrected chi connectivity index (χ4v) is 3.82. The summed E-state index contributed by atoms with van der Waals surface area (Å²) in [6.07, 6.45) is 5.50. The van der Waals surface area contributed by atoms with Crippen molar-refractivity contribution in [1.29, 1.82) is 0 Å². The molecule has 1 aliphatic rings. The average Bonchev–Trinajstić information content (AvgIpc) is 2.70. The summed E-state index contributed by atoms with van der Waals surface area (Å²) in [5.74, 6) is 0. The van der Waals surface area contributed by atoms with Crippen LogP contribution < -0.4 is 10.6 Å². The molecular weight excluding hydrogens is 346 g/mol. The molecule has 1 aliphatic heterocycles. The van der Waals surface area contributed by atoms with Gasteiger partial charge >= 0.3 is 6.03 Å². The normalized spacial score (nSPS) is 15.4. The van der Waals surface area contributed by atoms with Crippen LogP contribution >= 0.6 is 0 Å². The third-order valence-electron chi connectivity index (χ3n) is 5.53. The van der Waals surface area contributed by atoms with Crippen LogP contribution in [0.4, 0.5) is 10.5 Å². The molecule has 0 atom stereocenters. The van der Waals surface area contributed by atoms with Crippen molar-refractivity contribution >= 4 is 11.7 Å². The van der Waals surface area contributed by atoms with E-state index < -0.39 is 0 Å². The van der Waals surface area contributed by atoms with Gasteiger partial charge in [-0.05, 0) is 55.4 Å². The quantitative estimate of drug-likeness (QED) is 0.701. The predicted octanol–water partition coefficient (Wildman–Crippen LogP) is 5.12. The maximum absolute atomic E-state index is 12.4. The van der Waals surface area contributed by atoms with Crippen LogP contribution in [0.15, 0.2) is 48.5 Å². The summed E-state index contributed by atoms with van der Waals surface area (Å²) in [7, 11) is 0. The molecule has 2 aromatic carbocycles. The summed E-state index contributed by atoms with van der Waals surface area (Å²) >= 11 is 0. The standard InChI is InChI=1S/C24H33N3O/c1-3-4-8-20-11-12-23(19(2)17-20)26-24(28)25-22-13-15-27(16-14-22)18-21-9-6-5-7-10-21/h5-7,9-12,17,22H,3-4,8,13-16,18H2,1-2H3,(H2,25,26,28). The van der Waals surface area contributed by atoms with Crippen LogP contribution in [-0.4, -0.2) is 30.1 Å². The van der Waals surface area contributed by atoms with Gasteiger partial charge < -0.3 is 10.6 Å². The first-order valence-corrected chi connectivity index (χ1v) is 10.6. The molecule has 2 N–H and O–H groups in total. The molecule has 0 saturated carbocycles. The van der Waals surface area contributed by atoms with Crippen LogP contribution in [0, 0.1) is 6.92 Å². The SMILES string of the molecule is CCCCc1ccc(NC(=O)NC2CCN(Cc3ccccc3)CC2)c(C)c1. The number of nitrogens with one attached hydrogen (secondary N) is 2. The van der Waals surface area contributed by atoms with Gasteiger partial charge in [0, 0.05) is 31.4 Å². The van der Waals surface area contributed by atoms with E-state index in [1.807, 2.05) is 6.07 Å². The highest BCUT2D eigenvalue weighted by atomic mass is 16.2. The fourth-order valence-electron chi connectivity index (χ4n) is 3.82. The Morgan fingerprint density at radius 3 is 2.50 bits per heavy atom. The van der Waals surface area contributed by atoms with Gasteiger partial charge in [-0.25, -0.2) is 4.79 Å². The van der Waals surface area contributed by atoms with Gasteiger partial charge in [0.1, 0.15) is 0 Å². The van der Waals surface area contributed by atoms with Crippen molar-refractivity contribution in [2.75, 3.05) is 18.4 Å². The van der Waals surface area contributed by atoms with Gasteiger partial charge in [-0.1, -0.05) is 55.8 Å². The topological polar surface area (TPSA) is 44.4 Å². The molecule has 1 fully saturated rings. The molecule has 4 nitrogen and oxygen atoms in total. The Balaban J connectivity index is 1.43. The highest BCUT2D eigenvalue weighted by molar-refractivity contribution is 5.90. The molecule has 0 radical (unpaired) electrons. The van der Waals surface area contributed by atoms with Crippen molar-refractivity contribution in [1.82, 2.24) is 10.2 Å². The predicted molar refractivity (Wildman–Crippen MR) is 117 cm³/mol. The molecular formula is C24H33N3O. The van der Waals surface area contributed by atoms with Gasteiger partial charge in [0.2, 0.25) is 0 Å². The molecule has 4 heteroatoms. The number of carbonyl (C=O) groups excluding carboxylic acids is 1. The number of carbonyl (C=O) groups is 1. The number of unbranched alkanes of at least 4 members (excludes halogenated alkanes) is 1. The maximum atomic E-state index is 12.4. The number of amides is 2. The summed E-state index contributed by atoms with van der Waals surface area (Å²) in [5.41, 5.74) is 4.72. The van der Waals surface area contributed by atoms with Crippen molar-refractivity contribution in [2.24, 2.45) is 0 Å². The number of nitrogens with zero attached hydrogens (tertiary/aromatic N) is 1. The Bertz CT molecular complexity index is 752.